The van der Waals surface area contributed by atoms with Crippen LogP contribution in [-0.2, 0) is 23.1 Å². The molecule has 92 valence electrons. The maximum Gasteiger partial charge on any atom is 0.308 e. The van der Waals surface area contributed by atoms with Gasteiger partial charge in [0.25, 0.3) is 0 Å². The van der Waals surface area contributed by atoms with Crippen molar-refractivity contribution in [1.82, 2.24) is 14.5 Å². The lowest BCUT2D eigenvalue weighted by molar-refractivity contribution is -0.141. The van der Waals surface area contributed by atoms with Crippen LogP contribution < -0.4 is 0 Å². The van der Waals surface area contributed by atoms with E-state index in [0.29, 0.717) is 19.5 Å². The molecule has 1 unspecified atom stereocenters. The van der Waals surface area contributed by atoms with Gasteiger partial charge in [0.05, 0.1) is 5.92 Å². The minimum atomic E-state index is -0.891. The van der Waals surface area contributed by atoms with Gasteiger partial charge in [0.15, 0.2) is 0 Å². The largest absolute Gasteiger partial charge is 0.481 e. The molecule has 1 saturated heterocycles. The summed E-state index contributed by atoms with van der Waals surface area (Å²) in [7, 11) is 1.90. The third-order valence-corrected chi connectivity index (χ3v) is 3.09. The Bertz CT molecular complexity index is 441. The summed E-state index contributed by atoms with van der Waals surface area (Å²) in [5.74, 6) is -0.620. The van der Waals surface area contributed by atoms with Gasteiger partial charge in [-0.15, -0.1) is 0 Å². The minimum absolute atomic E-state index is 0.0772. The maximum absolute atomic E-state index is 11.6. The number of likely N-dealkylation sites (tertiary alicyclic amines) is 1. The van der Waals surface area contributed by atoms with Crippen molar-refractivity contribution < 1.29 is 14.7 Å². The highest BCUT2D eigenvalue weighted by Gasteiger charge is 2.33. The molecule has 1 aromatic heterocycles. The van der Waals surface area contributed by atoms with Crippen LogP contribution in [0, 0.1) is 5.92 Å². The number of rotatable bonds is 4. The summed E-state index contributed by atoms with van der Waals surface area (Å²) < 4.78 is 1.90. The summed E-state index contributed by atoms with van der Waals surface area (Å²) >= 11 is 0. The molecule has 1 fully saturated rings. The molecule has 6 heteroatoms. The van der Waals surface area contributed by atoms with E-state index in [4.69, 9.17) is 5.11 Å². The summed E-state index contributed by atoms with van der Waals surface area (Å²) in [4.78, 5) is 28.1. The topological polar surface area (TPSA) is 75.4 Å². The quantitative estimate of drug-likeness (QED) is 0.793. The van der Waals surface area contributed by atoms with Crippen LogP contribution in [0.2, 0.25) is 0 Å². The standard InChI is InChI=1S/C11H15N3O3/c1-13-5-3-12-9(13)2-4-14-7-8(11(16)17)6-10(14)15/h3,5,8H,2,4,6-7H2,1H3,(H,16,17). The first-order valence-corrected chi connectivity index (χ1v) is 5.54. The molecule has 1 aromatic rings. The third-order valence-electron chi connectivity index (χ3n) is 3.09. The highest BCUT2D eigenvalue weighted by molar-refractivity contribution is 5.86. The van der Waals surface area contributed by atoms with E-state index in [-0.39, 0.29) is 12.3 Å². The summed E-state index contributed by atoms with van der Waals surface area (Å²) in [5, 5.41) is 8.85. The van der Waals surface area contributed by atoms with E-state index in [9.17, 15) is 9.59 Å². The number of imidazole rings is 1. The van der Waals surface area contributed by atoms with Gasteiger partial charge in [-0.1, -0.05) is 0 Å². The number of carboxylic acid groups (broad SMARTS) is 1. The molecular formula is C11H15N3O3. The van der Waals surface area contributed by atoms with E-state index < -0.39 is 11.9 Å². The molecular weight excluding hydrogens is 222 g/mol. The predicted octanol–water partition coefficient (Wildman–Crippen LogP) is -0.104. The Morgan fingerprint density at radius 2 is 2.41 bits per heavy atom. The van der Waals surface area contributed by atoms with Gasteiger partial charge in [-0.3, -0.25) is 9.59 Å². The van der Waals surface area contributed by atoms with Gasteiger partial charge in [0, 0.05) is 45.4 Å². The van der Waals surface area contributed by atoms with Gasteiger partial charge < -0.3 is 14.6 Å². The van der Waals surface area contributed by atoms with Crippen molar-refractivity contribution in [1.29, 1.82) is 0 Å². The van der Waals surface area contributed by atoms with Gasteiger partial charge in [0.1, 0.15) is 5.82 Å². The van der Waals surface area contributed by atoms with Crippen molar-refractivity contribution in [2.24, 2.45) is 13.0 Å². The average Bonchev–Trinajstić information content (AvgIpc) is 2.82. The van der Waals surface area contributed by atoms with Gasteiger partial charge in [0.2, 0.25) is 5.91 Å². The Hall–Kier alpha value is -1.85. The van der Waals surface area contributed by atoms with Crippen LogP contribution in [0.15, 0.2) is 12.4 Å². The Labute approximate surface area is 98.9 Å². The molecule has 0 aliphatic carbocycles. The smallest absolute Gasteiger partial charge is 0.308 e. The van der Waals surface area contributed by atoms with Crippen molar-refractivity contribution in [2.75, 3.05) is 13.1 Å². The highest BCUT2D eigenvalue weighted by Crippen LogP contribution is 2.18. The molecule has 1 N–H and O–H groups in total. The van der Waals surface area contributed by atoms with Gasteiger partial charge in [-0.2, -0.15) is 0 Å². The summed E-state index contributed by atoms with van der Waals surface area (Å²) in [6.07, 6.45) is 4.33. The number of aryl methyl sites for hydroxylation is 1. The summed E-state index contributed by atoms with van der Waals surface area (Å²) in [6, 6.07) is 0. The fraction of sp³-hybridized carbons (Fsp3) is 0.545. The van der Waals surface area contributed by atoms with Crippen LogP contribution in [-0.4, -0.2) is 44.5 Å². The second kappa shape index (κ2) is 4.57. The molecule has 6 nitrogen and oxygen atoms in total. The molecule has 17 heavy (non-hydrogen) atoms. The lowest BCUT2D eigenvalue weighted by Gasteiger charge is -2.15. The van der Waals surface area contributed by atoms with Crippen LogP contribution in [0.3, 0.4) is 0 Å². The fourth-order valence-corrected chi connectivity index (χ4v) is 2.03. The first-order chi connectivity index (χ1) is 8.08. The van der Waals surface area contributed by atoms with Crippen molar-refractivity contribution in [3.05, 3.63) is 18.2 Å². The number of carboxylic acids is 1. The lowest BCUT2D eigenvalue weighted by atomic mass is 10.1. The van der Waals surface area contributed by atoms with E-state index in [1.807, 2.05) is 17.8 Å². The zero-order chi connectivity index (χ0) is 12.4. The molecule has 1 amide bonds. The van der Waals surface area contributed by atoms with Crippen LogP contribution in [0.4, 0.5) is 0 Å². The molecule has 2 rings (SSSR count). The molecule has 0 aromatic carbocycles. The number of hydrogen-bond donors (Lipinski definition) is 1. The first-order valence-electron chi connectivity index (χ1n) is 5.54. The van der Waals surface area contributed by atoms with Crippen molar-refractivity contribution in [3.8, 4) is 0 Å². The van der Waals surface area contributed by atoms with Crippen LogP contribution in [0.25, 0.3) is 0 Å². The zero-order valence-corrected chi connectivity index (χ0v) is 9.67. The molecule has 2 heterocycles. The number of aliphatic carboxylic acids is 1. The third kappa shape index (κ3) is 2.46. The Balaban J connectivity index is 1.90. The first kappa shape index (κ1) is 11.6. The minimum Gasteiger partial charge on any atom is -0.481 e. The van der Waals surface area contributed by atoms with Gasteiger partial charge in [-0.25, -0.2) is 4.98 Å². The van der Waals surface area contributed by atoms with Gasteiger partial charge in [-0.05, 0) is 0 Å². The van der Waals surface area contributed by atoms with E-state index >= 15 is 0 Å². The van der Waals surface area contributed by atoms with E-state index in [1.54, 1.807) is 11.1 Å². The van der Waals surface area contributed by atoms with Gasteiger partial charge >= 0.3 is 5.97 Å². The van der Waals surface area contributed by atoms with E-state index in [0.717, 1.165) is 5.82 Å². The molecule has 0 radical (unpaired) electrons. The molecule has 0 bridgehead atoms. The zero-order valence-electron chi connectivity index (χ0n) is 9.67. The normalized spacial score (nSPS) is 19.9. The average molecular weight is 237 g/mol. The maximum atomic E-state index is 11.6. The number of nitrogens with zero attached hydrogens (tertiary/aromatic N) is 3. The fourth-order valence-electron chi connectivity index (χ4n) is 2.03. The van der Waals surface area contributed by atoms with E-state index in [1.165, 1.54) is 0 Å². The SMILES string of the molecule is Cn1ccnc1CCN1CC(C(=O)O)CC1=O. The Morgan fingerprint density at radius 1 is 1.65 bits per heavy atom. The monoisotopic (exact) mass is 237 g/mol. The molecule has 1 aliphatic heterocycles. The lowest BCUT2D eigenvalue weighted by Crippen LogP contribution is -2.29. The number of hydrogen-bond acceptors (Lipinski definition) is 3. The van der Waals surface area contributed by atoms with Crippen molar-refractivity contribution >= 4 is 11.9 Å². The van der Waals surface area contributed by atoms with Crippen LogP contribution >= 0.6 is 0 Å². The van der Waals surface area contributed by atoms with Crippen LogP contribution in [0.5, 0.6) is 0 Å². The second-order valence-electron chi connectivity index (χ2n) is 4.28. The van der Waals surface area contributed by atoms with Crippen LogP contribution in [0.1, 0.15) is 12.2 Å². The second-order valence-corrected chi connectivity index (χ2v) is 4.28. The molecule has 0 saturated carbocycles. The van der Waals surface area contributed by atoms with Crippen molar-refractivity contribution in [3.63, 3.8) is 0 Å². The number of aromatic nitrogens is 2. The summed E-state index contributed by atoms with van der Waals surface area (Å²) in [5.41, 5.74) is 0. The molecule has 1 atom stereocenters. The van der Waals surface area contributed by atoms with E-state index in [2.05, 4.69) is 4.98 Å². The number of amides is 1. The highest BCUT2D eigenvalue weighted by atomic mass is 16.4. The molecule has 0 spiro atoms. The Morgan fingerprint density at radius 3 is 2.94 bits per heavy atom. The summed E-state index contributed by atoms with van der Waals surface area (Å²) in [6.45, 7) is 0.853. The number of carbonyl (C=O) groups excluding carboxylic acids is 1. The Kier molecular flexibility index (Phi) is 3.12. The van der Waals surface area contributed by atoms with Crippen molar-refractivity contribution in [2.45, 2.75) is 12.8 Å². The number of carbonyl (C=O) groups is 2. The molecule has 1 aliphatic rings. The predicted molar refractivity (Wildman–Crippen MR) is 59.2 cm³/mol.